The molecule has 9 heteroatoms. The van der Waals surface area contributed by atoms with Crippen molar-refractivity contribution in [1.29, 1.82) is 0 Å². The van der Waals surface area contributed by atoms with Gasteiger partial charge in [0.05, 0.1) is 25.4 Å². The molecule has 0 aromatic heterocycles. The summed E-state index contributed by atoms with van der Waals surface area (Å²) in [7, 11) is 0. The van der Waals surface area contributed by atoms with Gasteiger partial charge >= 0.3 is 0 Å². The fourth-order valence-electron chi connectivity index (χ4n) is 8.98. The molecule has 6 N–H and O–H groups in total. The molecule has 1 saturated heterocycles. The van der Waals surface area contributed by atoms with E-state index in [0.29, 0.717) is 6.42 Å². The first-order valence-electron chi connectivity index (χ1n) is 27.4. The number of carbonyl (C=O) groups excluding carboxylic acids is 1. The number of rotatable bonds is 47. The number of aliphatic hydroxyl groups is 5. The molecule has 374 valence electrons. The summed E-state index contributed by atoms with van der Waals surface area (Å²) >= 11 is 0. The molecule has 0 aromatic rings. The van der Waals surface area contributed by atoms with Gasteiger partial charge in [-0.25, -0.2) is 0 Å². The summed E-state index contributed by atoms with van der Waals surface area (Å²) in [5, 5.41) is 54.4. The topological polar surface area (TPSA) is 149 Å². The van der Waals surface area contributed by atoms with Crippen LogP contribution in [0.15, 0.2) is 12.2 Å². The fraction of sp³-hybridized carbons (Fsp3) is 0.944. The van der Waals surface area contributed by atoms with Gasteiger partial charge in [0.25, 0.3) is 0 Å². The number of unbranched alkanes of at least 4 members (excludes halogenated alkanes) is 37. The predicted molar refractivity (Wildman–Crippen MR) is 263 cm³/mol. The Labute approximate surface area is 388 Å². The highest BCUT2D eigenvalue weighted by atomic mass is 16.7. The van der Waals surface area contributed by atoms with Crippen molar-refractivity contribution in [3.05, 3.63) is 12.2 Å². The first-order valence-corrected chi connectivity index (χ1v) is 27.4. The average Bonchev–Trinajstić information content (AvgIpc) is 3.28. The zero-order valence-electron chi connectivity index (χ0n) is 41.4. The van der Waals surface area contributed by atoms with E-state index in [-0.39, 0.29) is 12.5 Å². The standard InChI is InChI=1S/C54H105NO8/c1-3-5-7-9-11-13-15-17-19-21-23-24-25-26-28-30-32-34-36-38-40-42-44-50(58)55-47(46-62-54-53(61)52(60)51(59)49(45-56)63-54)48(57)43-41-39-37-35-33-31-29-27-22-20-18-16-14-12-10-8-6-4-2/h41,43,47-49,51-54,56-57,59-61H,3-40,42,44-46H2,1-2H3,(H,55,58)/b43-41+. The van der Waals surface area contributed by atoms with Crippen LogP contribution in [0.2, 0.25) is 0 Å². The second-order valence-electron chi connectivity index (χ2n) is 19.4. The Kier molecular flexibility index (Phi) is 42.6. The van der Waals surface area contributed by atoms with E-state index in [1.54, 1.807) is 6.08 Å². The van der Waals surface area contributed by atoms with Gasteiger partial charge in [-0.3, -0.25) is 4.79 Å². The number of nitrogens with one attached hydrogen (secondary N) is 1. The van der Waals surface area contributed by atoms with Crippen LogP contribution in [0.3, 0.4) is 0 Å². The van der Waals surface area contributed by atoms with Crippen molar-refractivity contribution >= 4 is 5.91 Å². The number of allylic oxidation sites excluding steroid dienone is 1. The van der Waals surface area contributed by atoms with Crippen LogP contribution in [-0.4, -0.2) is 87.5 Å². The molecule has 0 radical (unpaired) electrons. The Morgan fingerprint density at radius 2 is 0.873 bits per heavy atom. The van der Waals surface area contributed by atoms with Crippen molar-refractivity contribution < 1.29 is 39.8 Å². The minimum atomic E-state index is -1.56. The average molecular weight is 896 g/mol. The van der Waals surface area contributed by atoms with E-state index in [0.717, 1.165) is 38.5 Å². The van der Waals surface area contributed by atoms with Crippen molar-refractivity contribution in [3.63, 3.8) is 0 Å². The first-order chi connectivity index (χ1) is 30.8. The van der Waals surface area contributed by atoms with Crippen LogP contribution < -0.4 is 5.32 Å². The Bertz CT molecular complexity index is 997. The maximum Gasteiger partial charge on any atom is 0.220 e. The number of aliphatic hydroxyl groups excluding tert-OH is 5. The third-order valence-corrected chi connectivity index (χ3v) is 13.4. The van der Waals surface area contributed by atoms with Crippen molar-refractivity contribution in [2.75, 3.05) is 13.2 Å². The molecule has 0 bridgehead atoms. The maximum absolute atomic E-state index is 13.0. The third kappa shape index (κ3) is 34.8. The van der Waals surface area contributed by atoms with Gasteiger partial charge in [0, 0.05) is 6.42 Å². The molecular formula is C54H105NO8. The van der Waals surface area contributed by atoms with Crippen LogP contribution in [0.25, 0.3) is 0 Å². The lowest BCUT2D eigenvalue weighted by atomic mass is 9.99. The summed E-state index contributed by atoms with van der Waals surface area (Å²) in [4.78, 5) is 13.0. The van der Waals surface area contributed by atoms with Gasteiger partial charge in [-0.2, -0.15) is 0 Å². The van der Waals surface area contributed by atoms with Crippen LogP contribution >= 0.6 is 0 Å². The number of ether oxygens (including phenoxy) is 2. The summed E-state index contributed by atoms with van der Waals surface area (Å²) in [6.45, 7) is 3.81. The van der Waals surface area contributed by atoms with E-state index in [9.17, 15) is 30.3 Å². The summed E-state index contributed by atoms with van der Waals surface area (Å²) < 4.78 is 11.3. The van der Waals surface area contributed by atoms with E-state index in [2.05, 4.69) is 19.2 Å². The summed E-state index contributed by atoms with van der Waals surface area (Å²) in [5.41, 5.74) is 0. The zero-order chi connectivity index (χ0) is 45.9. The van der Waals surface area contributed by atoms with E-state index >= 15 is 0 Å². The third-order valence-electron chi connectivity index (χ3n) is 13.4. The van der Waals surface area contributed by atoms with E-state index in [4.69, 9.17) is 9.47 Å². The van der Waals surface area contributed by atoms with E-state index in [1.165, 1.54) is 212 Å². The maximum atomic E-state index is 13.0. The molecule has 9 nitrogen and oxygen atoms in total. The summed E-state index contributed by atoms with van der Waals surface area (Å²) in [5.74, 6) is -0.171. The second-order valence-corrected chi connectivity index (χ2v) is 19.4. The summed E-state index contributed by atoms with van der Waals surface area (Å²) in [6, 6.07) is -0.799. The molecule has 0 aliphatic carbocycles. The molecule has 1 amide bonds. The SMILES string of the molecule is CCCCCCCCCCCCCCCCCC/C=C/C(O)C(COC1OC(CO)C(O)C(O)C1O)NC(=O)CCCCCCCCCCCCCCCCCCCCCCCC. The molecule has 1 aliphatic rings. The minimum Gasteiger partial charge on any atom is -0.394 e. The number of hydrogen-bond acceptors (Lipinski definition) is 8. The van der Waals surface area contributed by atoms with Crippen LogP contribution in [0, 0.1) is 0 Å². The van der Waals surface area contributed by atoms with Crippen LogP contribution in [0.1, 0.15) is 271 Å². The lowest BCUT2D eigenvalue weighted by Gasteiger charge is -2.40. The normalized spacial score (nSPS) is 20.1. The zero-order valence-corrected chi connectivity index (χ0v) is 41.4. The molecule has 1 fully saturated rings. The van der Waals surface area contributed by atoms with Gasteiger partial charge in [0.1, 0.15) is 24.4 Å². The van der Waals surface area contributed by atoms with Crippen molar-refractivity contribution in [1.82, 2.24) is 5.32 Å². The number of hydrogen-bond donors (Lipinski definition) is 6. The highest BCUT2D eigenvalue weighted by Crippen LogP contribution is 2.23. The Hall–Kier alpha value is -1.07. The predicted octanol–water partition coefficient (Wildman–Crippen LogP) is 12.8. The largest absolute Gasteiger partial charge is 0.394 e. The molecule has 1 aliphatic heterocycles. The van der Waals surface area contributed by atoms with Crippen molar-refractivity contribution in [3.8, 4) is 0 Å². The van der Waals surface area contributed by atoms with Gasteiger partial charge in [0.15, 0.2) is 6.29 Å². The Morgan fingerprint density at radius 1 is 0.524 bits per heavy atom. The highest BCUT2D eigenvalue weighted by Gasteiger charge is 2.44. The van der Waals surface area contributed by atoms with Gasteiger partial charge in [-0.05, 0) is 19.3 Å². The minimum absolute atomic E-state index is 0.171. The van der Waals surface area contributed by atoms with Gasteiger partial charge < -0.3 is 40.3 Å². The summed E-state index contributed by atoms with van der Waals surface area (Å²) in [6.07, 6.45) is 46.9. The molecule has 7 unspecified atom stereocenters. The lowest BCUT2D eigenvalue weighted by molar-refractivity contribution is -0.302. The monoisotopic (exact) mass is 896 g/mol. The Balaban J connectivity index is 2.24. The van der Waals surface area contributed by atoms with Gasteiger partial charge in [-0.1, -0.05) is 257 Å². The number of carbonyl (C=O) groups is 1. The van der Waals surface area contributed by atoms with Crippen molar-refractivity contribution in [2.45, 2.75) is 314 Å². The molecular weight excluding hydrogens is 791 g/mol. The van der Waals surface area contributed by atoms with Gasteiger partial charge in [0.2, 0.25) is 5.91 Å². The van der Waals surface area contributed by atoms with Crippen LogP contribution in [-0.2, 0) is 14.3 Å². The molecule has 63 heavy (non-hydrogen) atoms. The molecule has 7 atom stereocenters. The van der Waals surface area contributed by atoms with E-state index in [1.807, 2.05) is 6.08 Å². The highest BCUT2D eigenvalue weighted by molar-refractivity contribution is 5.76. The molecule has 1 heterocycles. The molecule has 0 saturated carbocycles. The van der Waals surface area contributed by atoms with E-state index < -0.39 is 49.5 Å². The molecule has 1 rings (SSSR count). The smallest absolute Gasteiger partial charge is 0.220 e. The van der Waals surface area contributed by atoms with Crippen LogP contribution in [0.4, 0.5) is 0 Å². The molecule has 0 aromatic carbocycles. The Morgan fingerprint density at radius 3 is 1.24 bits per heavy atom. The quantitative estimate of drug-likeness (QED) is 0.0261. The van der Waals surface area contributed by atoms with Gasteiger partial charge in [-0.15, -0.1) is 0 Å². The lowest BCUT2D eigenvalue weighted by Crippen LogP contribution is -2.60. The molecule has 0 spiro atoms. The van der Waals surface area contributed by atoms with Crippen molar-refractivity contribution in [2.24, 2.45) is 0 Å². The number of amides is 1. The second kappa shape index (κ2) is 44.7. The fourth-order valence-corrected chi connectivity index (χ4v) is 8.98. The first kappa shape index (κ1) is 59.9. The van der Waals surface area contributed by atoms with Crippen LogP contribution in [0.5, 0.6) is 0 Å².